The first-order valence-electron chi connectivity index (χ1n) is 3.96. The van der Waals surface area contributed by atoms with Crippen molar-refractivity contribution in [2.24, 2.45) is 5.73 Å². The summed E-state index contributed by atoms with van der Waals surface area (Å²) in [4.78, 5) is 31.4. The van der Waals surface area contributed by atoms with E-state index >= 15 is 0 Å². The first-order chi connectivity index (χ1) is 6.41. The molecule has 0 aromatic heterocycles. The summed E-state index contributed by atoms with van der Waals surface area (Å²) in [5.41, 5.74) is 4.78. The first-order valence-corrected chi connectivity index (χ1v) is 3.96. The van der Waals surface area contributed by atoms with Gasteiger partial charge in [-0.2, -0.15) is 0 Å². The van der Waals surface area contributed by atoms with Crippen molar-refractivity contribution in [1.29, 1.82) is 0 Å². The number of nitrogens with one attached hydrogen (secondary N) is 2. The molecule has 0 aromatic rings. The number of rotatable bonds is 5. The predicted octanol–water partition coefficient (Wildman–Crippen LogP) is -1.37. The number of urea groups is 1. The van der Waals surface area contributed by atoms with Crippen molar-refractivity contribution in [2.45, 2.75) is 19.4 Å². The van der Waals surface area contributed by atoms with Crippen molar-refractivity contribution in [2.75, 3.05) is 6.54 Å². The van der Waals surface area contributed by atoms with Gasteiger partial charge in [0.05, 0.1) is 13.0 Å². The van der Waals surface area contributed by atoms with E-state index < -0.39 is 23.9 Å². The summed E-state index contributed by atoms with van der Waals surface area (Å²) in [6, 6.07) is -1.11. The Labute approximate surface area is 80.6 Å². The van der Waals surface area contributed by atoms with Gasteiger partial charge >= 0.3 is 12.0 Å². The number of hydrogen-bond acceptors (Lipinski definition) is 3. The number of amides is 3. The predicted molar refractivity (Wildman–Crippen MR) is 47.4 cm³/mol. The third kappa shape index (κ3) is 6.89. The van der Waals surface area contributed by atoms with Gasteiger partial charge in [0.25, 0.3) is 0 Å². The molecule has 0 radical (unpaired) electrons. The molecule has 0 saturated carbocycles. The summed E-state index contributed by atoms with van der Waals surface area (Å²) in [6.45, 7) is 1.27. The van der Waals surface area contributed by atoms with Crippen LogP contribution in [0.15, 0.2) is 0 Å². The van der Waals surface area contributed by atoms with Gasteiger partial charge in [-0.05, 0) is 6.92 Å². The molecule has 14 heavy (non-hydrogen) atoms. The molecule has 3 amide bonds. The van der Waals surface area contributed by atoms with Gasteiger partial charge in [-0.1, -0.05) is 0 Å². The number of nitrogens with two attached hydrogens (primary N) is 1. The Kier molecular flexibility index (Phi) is 5.05. The number of carboxylic acids is 1. The van der Waals surface area contributed by atoms with Crippen LogP contribution in [0.3, 0.4) is 0 Å². The van der Waals surface area contributed by atoms with E-state index in [1.165, 1.54) is 6.92 Å². The lowest BCUT2D eigenvalue weighted by Crippen LogP contribution is -2.44. The van der Waals surface area contributed by atoms with E-state index in [0.717, 1.165) is 0 Å². The number of aliphatic carboxylic acids is 1. The molecule has 7 nitrogen and oxygen atoms in total. The van der Waals surface area contributed by atoms with E-state index in [4.69, 9.17) is 10.8 Å². The monoisotopic (exact) mass is 203 g/mol. The third-order valence-corrected chi connectivity index (χ3v) is 1.28. The molecule has 0 saturated heterocycles. The lowest BCUT2D eigenvalue weighted by Gasteiger charge is -2.11. The minimum atomic E-state index is -1.01. The minimum absolute atomic E-state index is 0.177. The van der Waals surface area contributed by atoms with E-state index in [1.54, 1.807) is 0 Å². The van der Waals surface area contributed by atoms with Crippen LogP contribution in [0.4, 0.5) is 4.79 Å². The van der Waals surface area contributed by atoms with Crippen LogP contribution in [0.2, 0.25) is 0 Å². The van der Waals surface area contributed by atoms with E-state index in [0.29, 0.717) is 0 Å². The van der Waals surface area contributed by atoms with Gasteiger partial charge < -0.3 is 21.5 Å². The van der Waals surface area contributed by atoms with Crippen LogP contribution in [0.5, 0.6) is 0 Å². The van der Waals surface area contributed by atoms with Crippen LogP contribution in [0.25, 0.3) is 0 Å². The van der Waals surface area contributed by atoms with Gasteiger partial charge in [0, 0.05) is 6.04 Å². The Morgan fingerprint density at radius 2 is 2.00 bits per heavy atom. The minimum Gasteiger partial charge on any atom is -0.481 e. The maximum Gasteiger partial charge on any atom is 0.315 e. The van der Waals surface area contributed by atoms with Gasteiger partial charge in [0.15, 0.2) is 0 Å². The van der Waals surface area contributed by atoms with Crippen molar-refractivity contribution in [3.05, 3.63) is 0 Å². The van der Waals surface area contributed by atoms with E-state index in [9.17, 15) is 14.4 Å². The van der Waals surface area contributed by atoms with Crippen LogP contribution in [-0.2, 0) is 9.59 Å². The molecular weight excluding hydrogens is 190 g/mol. The molecule has 0 fully saturated rings. The zero-order valence-corrected chi connectivity index (χ0v) is 7.74. The maximum absolute atomic E-state index is 10.9. The molecule has 0 aliphatic rings. The number of carbonyl (C=O) groups is 3. The fourth-order valence-electron chi connectivity index (χ4n) is 0.755. The molecule has 0 aliphatic heterocycles. The summed E-state index contributed by atoms with van der Waals surface area (Å²) in [5.74, 6) is -1.67. The Morgan fingerprint density at radius 3 is 2.43 bits per heavy atom. The lowest BCUT2D eigenvalue weighted by atomic mass is 10.2. The van der Waals surface area contributed by atoms with E-state index in [2.05, 4.69) is 10.6 Å². The molecule has 80 valence electrons. The highest BCUT2D eigenvalue weighted by molar-refractivity contribution is 5.83. The number of carboxylic acid groups (broad SMARTS) is 1. The summed E-state index contributed by atoms with van der Waals surface area (Å²) >= 11 is 0. The second-order valence-electron chi connectivity index (χ2n) is 2.79. The smallest absolute Gasteiger partial charge is 0.315 e. The van der Waals surface area contributed by atoms with Crippen molar-refractivity contribution in [3.8, 4) is 0 Å². The SMILES string of the molecule is CC(CC(=O)O)NC(=O)NCC(N)=O. The normalized spacial score (nSPS) is 11.5. The Morgan fingerprint density at radius 1 is 1.43 bits per heavy atom. The Hall–Kier alpha value is -1.79. The molecule has 1 atom stereocenters. The molecule has 0 heterocycles. The van der Waals surface area contributed by atoms with Gasteiger partial charge in [-0.25, -0.2) is 4.79 Å². The van der Waals surface area contributed by atoms with Crippen molar-refractivity contribution >= 4 is 17.9 Å². The van der Waals surface area contributed by atoms with Crippen LogP contribution in [-0.4, -0.2) is 35.6 Å². The van der Waals surface area contributed by atoms with E-state index in [1.807, 2.05) is 0 Å². The van der Waals surface area contributed by atoms with Crippen LogP contribution in [0.1, 0.15) is 13.3 Å². The maximum atomic E-state index is 10.9. The third-order valence-electron chi connectivity index (χ3n) is 1.28. The average molecular weight is 203 g/mol. The molecule has 0 rings (SSSR count). The number of hydrogen-bond donors (Lipinski definition) is 4. The lowest BCUT2D eigenvalue weighted by molar-refractivity contribution is -0.137. The van der Waals surface area contributed by atoms with Gasteiger partial charge in [0.1, 0.15) is 0 Å². The summed E-state index contributed by atoms with van der Waals surface area (Å²) in [5, 5.41) is 12.9. The van der Waals surface area contributed by atoms with Crippen LogP contribution in [0, 0.1) is 0 Å². The molecule has 0 aliphatic carbocycles. The van der Waals surface area contributed by atoms with Crippen molar-refractivity contribution in [3.63, 3.8) is 0 Å². The summed E-state index contributed by atoms with van der Waals surface area (Å²) in [7, 11) is 0. The molecule has 5 N–H and O–H groups in total. The van der Waals surface area contributed by atoms with Gasteiger partial charge in [0.2, 0.25) is 5.91 Å². The van der Waals surface area contributed by atoms with Crippen molar-refractivity contribution in [1.82, 2.24) is 10.6 Å². The van der Waals surface area contributed by atoms with Gasteiger partial charge in [-0.15, -0.1) is 0 Å². The highest BCUT2D eigenvalue weighted by Gasteiger charge is 2.10. The zero-order valence-electron chi connectivity index (χ0n) is 7.74. The Bertz CT molecular complexity index is 241. The van der Waals surface area contributed by atoms with Crippen LogP contribution >= 0.6 is 0 Å². The molecule has 7 heteroatoms. The van der Waals surface area contributed by atoms with Crippen LogP contribution < -0.4 is 16.4 Å². The molecule has 0 bridgehead atoms. The van der Waals surface area contributed by atoms with Crippen molar-refractivity contribution < 1.29 is 19.5 Å². The fourth-order valence-corrected chi connectivity index (χ4v) is 0.755. The quantitative estimate of drug-likeness (QED) is 0.440. The number of carbonyl (C=O) groups excluding carboxylic acids is 2. The summed E-state index contributed by atoms with van der Waals surface area (Å²) < 4.78 is 0. The topological polar surface area (TPSA) is 122 Å². The second kappa shape index (κ2) is 5.79. The molecule has 0 aromatic carbocycles. The highest BCUT2D eigenvalue weighted by atomic mass is 16.4. The standard InChI is InChI=1S/C7H13N3O4/c1-4(2-6(12)13)10-7(14)9-3-5(8)11/h4H,2-3H2,1H3,(H2,8,11)(H,12,13)(H2,9,10,14). The second-order valence-corrected chi connectivity index (χ2v) is 2.79. The Balaban J connectivity index is 3.71. The highest BCUT2D eigenvalue weighted by Crippen LogP contribution is 1.89. The zero-order chi connectivity index (χ0) is 11.1. The summed E-state index contributed by atoms with van der Waals surface area (Å²) in [6.07, 6.45) is -0.177. The van der Waals surface area contributed by atoms with E-state index in [-0.39, 0.29) is 13.0 Å². The molecular formula is C7H13N3O4. The largest absolute Gasteiger partial charge is 0.481 e. The molecule has 1 unspecified atom stereocenters. The molecule has 0 spiro atoms. The number of primary amides is 1. The first kappa shape index (κ1) is 12.2. The van der Waals surface area contributed by atoms with Gasteiger partial charge in [-0.3, -0.25) is 9.59 Å². The average Bonchev–Trinajstić information content (AvgIpc) is 1.98. The fraction of sp³-hybridized carbons (Fsp3) is 0.571.